The first kappa shape index (κ1) is 14.7. The zero-order valence-corrected chi connectivity index (χ0v) is 12.1. The van der Waals surface area contributed by atoms with Gasteiger partial charge in [-0.3, -0.25) is 0 Å². The molecule has 1 aliphatic rings. The zero-order chi connectivity index (χ0) is 14.6. The van der Waals surface area contributed by atoms with E-state index in [1.807, 2.05) is 0 Å². The Kier molecular flexibility index (Phi) is 4.49. The monoisotopic (exact) mass is 278 g/mol. The van der Waals surface area contributed by atoms with Gasteiger partial charge in [0, 0.05) is 18.8 Å². The lowest BCUT2D eigenvalue weighted by molar-refractivity contribution is 0.0526. The summed E-state index contributed by atoms with van der Waals surface area (Å²) in [6, 6.07) is 5.18. The number of nitrogens with one attached hydrogen (secondary N) is 1. The summed E-state index contributed by atoms with van der Waals surface area (Å²) in [5.41, 5.74) is 7.86. The van der Waals surface area contributed by atoms with Gasteiger partial charge in [-0.15, -0.1) is 0 Å². The lowest BCUT2D eigenvalue weighted by Crippen LogP contribution is -2.40. The Labute approximate surface area is 119 Å². The minimum atomic E-state index is -0.326. The van der Waals surface area contributed by atoms with Crippen molar-refractivity contribution in [3.63, 3.8) is 0 Å². The first-order valence-corrected chi connectivity index (χ1v) is 6.97. The number of carbonyl (C=O) groups is 1. The number of ether oxygens (including phenoxy) is 2. The number of nitrogen functional groups attached to an aromatic ring is 1. The molecule has 2 rings (SSSR count). The van der Waals surface area contributed by atoms with Crippen molar-refractivity contribution in [3.8, 4) is 0 Å². The van der Waals surface area contributed by atoms with Gasteiger partial charge in [-0.2, -0.15) is 0 Å². The van der Waals surface area contributed by atoms with Gasteiger partial charge in [-0.1, -0.05) is 0 Å². The van der Waals surface area contributed by atoms with Crippen LogP contribution in [-0.4, -0.2) is 31.3 Å². The molecule has 0 unspecified atom stereocenters. The van der Waals surface area contributed by atoms with Crippen molar-refractivity contribution in [1.82, 2.24) is 0 Å². The topological polar surface area (TPSA) is 73.6 Å². The molecule has 20 heavy (non-hydrogen) atoms. The van der Waals surface area contributed by atoms with E-state index in [1.54, 1.807) is 25.1 Å². The minimum Gasteiger partial charge on any atom is -0.462 e. The van der Waals surface area contributed by atoms with E-state index in [4.69, 9.17) is 15.2 Å². The maximum Gasteiger partial charge on any atom is 0.338 e. The molecule has 5 heteroatoms. The number of hydrogen-bond donors (Lipinski definition) is 2. The highest BCUT2D eigenvalue weighted by atomic mass is 16.5. The lowest BCUT2D eigenvalue weighted by Gasteiger charge is -2.35. The van der Waals surface area contributed by atoms with Gasteiger partial charge in [0.2, 0.25) is 0 Å². The molecule has 0 amide bonds. The molecule has 1 aromatic carbocycles. The van der Waals surface area contributed by atoms with Gasteiger partial charge < -0.3 is 20.5 Å². The fourth-order valence-electron chi connectivity index (χ4n) is 2.28. The predicted octanol–water partition coefficient (Wildman–Crippen LogP) is 2.43. The number of nitrogens with two attached hydrogens (primary N) is 1. The summed E-state index contributed by atoms with van der Waals surface area (Å²) in [7, 11) is 0. The molecule has 0 radical (unpaired) electrons. The van der Waals surface area contributed by atoms with Crippen molar-refractivity contribution in [3.05, 3.63) is 23.8 Å². The highest BCUT2D eigenvalue weighted by Crippen LogP contribution is 2.29. The molecule has 1 heterocycles. The molecular weight excluding hydrogens is 256 g/mol. The average Bonchev–Trinajstić information content (AvgIpc) is 2.42. The summed E-state index contributed by atoms with van der Waals surface area (Å²) in [6.07, 6.45) is 1.83. The molecule has 5 nitrogen and oxygen atoms in total. The van der Waals surface area contributed by atoms with Crippen molar-refractivity contribution >= 4 is 17.3 Å². The van der Waals surface area contributed by atoms with Crippen LogP contribution in [0, 0.1) is 0 Å². The van der Waals surface area contributed by atoms with Crippen LogP contribution in [0.3, 0.4) is 0 Å². The summed E-state index contributed by atoms with van der Waals surface area (Å²) in [5, 5.41) is 3.45. The Morgan fingerprint density at radius 2 is 2.15 bits per heavy atom. The van der Waals surface area contributed by atoms with Crippen LogP contribution in [0.1, 0.15) is 37.0 Å². The number of carbonyl (C=O) groups excluding carboxylic acids is 1. The van der Waals surface area contributed by atoms with Crippen LogP contribution >= 0.6 is 0 Å². The van der Waals surface area contributed by atoms with E-state index in [2.05, 4.69) is 12.2 Å². The van der Waals surface area contributed by atoms with E-state index < -0.39 is 0 Å². The van der Waals surface area contributed by atoms with Gasteiger partial charge in [0.1, 0.15) is 0 Å². The molecule has 0 bridgehead atoms. The van der Waals surface area contributed by atoms with Crippen molar-refractivity contribution in [2.75, 3.05) is 30.9 Å². The second-order valence-corrected chi connectivity index (χ2v) is 5.32. The summed E-state index contributed by atoms with van der Waals surface area (Å²) >= 11 is 0. The highest BCUT2D eigenvalue weighted by molar-refractivity contribution is 5.92. The molecule has 110 valence electrons. The van der Waals surface area contributed by atoms with Gasteiger partial charge in [-0.25, -0.2) is 4.79 Å². The molecular formula is C15H22N2O3. The fraction of sp³-hybridized carbons (Fsp3) is 0.533. The predicted molar refractivity (Wildman–Crippen MR) is 78.9 cm³/mol. The molecule has 3 N–H and O–H groups in total. The van der Waals surface area contributed by atoms with Crippen molar-refractivity contribution in [2.45, 2.75) is 32.2 Å². The normalized spacial score (nSPS) is 17.5. The summed E-state index contributed by atoms with van der Waals surface area (Å²) in [6.45, 7) is 5.77. The third kappa shape index (κ3) is 3.42. The smallest absolute Gasteiger partial charge is 0.338 e. The number of rotatable bonds is 4. The van der Waals surface area contributed by atoms with Gasteiger partial charge in [0.05, 0.1) is 23.5 Å². The van der Waals surface area contributed by atoms with Gasteiger partial charge >= 0.3 is 5.97 Å². The zero-order valence-electron chi connectivity index (χ0n) is 12.1. The average molecular weight is 278 g/mol. The van der Waals surface area contributed by atoms with E-state index >= 15 is 0 Å². The second-order valence-electron chi connectivity index (χ2n) is 5.32. The van der Waals surface area contributed by atoms with Gasteiger partial charge in [0.15, 0.2) is 0 Å². The number of hydrogen-bond acceptors (Lipinski definition) is 5. The Morgan fingerprint density at radius 3 is 2.80 bits per heavy atom. The van der Waals surface area contributed by atoms with Crippen LogP contribution in [0.5, 0.6) is 0 Å². The number of benzene rings is 1. The van der Waals surface area contributed by atoms with Crippen LogP contribution in [0.25, 0.3) is 0 Å². The van der Waals surface area contributed by atoms with Crippen LogP contribution in [0.15, 0.2) is 18.2 Å². The molecule has 0 aromatic heterocycles. The summed E-state index contributed by atoms with van der Waals surface area (Å²) in [5.74, 6) is -0.326. The van der Waals surface area contributed by atoms with Crippen LogP contribution in [-0.2, 0) is 9.47 Å². The third-order valence-corrected chi connectivity index (χ3v) is 3.60. The Bertz CT molecular complexity index is 482. The molecule has 1 aliphatic heterocycles. The Balaban J connectivity index is 2.18. The quantitative estimate of drug-likeness (QED) is 0.653. The maximum atomic E-state index is 11.8. The molecule has 0 spiro atoms. The largest absolute Gasteiger partial charge is 0.462 e. The molecule has 1 aromatic rings. The van der Waals surface area contributed by atoms with Crippen molar-refractivity contribution < 1.29 is 14.3 Å². The SMILES string of the molecule is CCOC(=O)c1ccc(N)c(NC2(C)CCOCC2)c1. The van der Waals surface area contributed by atoms with E-state index in [9.17, 15) is 4.79 Å². The van der Waals surface area contributed by atoms with E-state index in [1.165, 1.54) is 0 Å². The third-order valence-electron chi connectivity index (χ3n) is 3.60. The molecule has 0 saturated carbocycles. The van der Waals surface area contributed by atoms with E-state index in [-0.39, 0.29) is 11.5 Å². The molecule has 1 fully saturated rings. The second kappa shape index (κ2) is 6.13. The number of anilines is 2. The standard InChI is InChI=1S/C15H22N2O3/c1-3-20-14(18)11-4-5-12(16)13(10-11)17-15(2)6-8-19-9-7-15/h4-5,10,17H,3,6-9,16H2,1-2H3. The van der Waals surface area contributed by atoms with E-state index in [0.717, 1.165) is 31.7 Å². The minimum absolute atomic E-state index is 0.0559. The first-order valence-electron chi connectivity index (χ1n) is 6.97. The molecule has 0 aliphatic carbocycles. The fourth-order valence-corrected chi connectivity index (χ4v) is 2.28. The first-order chi connectivity index (χ1) is 9.54. The Hall–Kier alpha value is -1.75. The van der Waals surface area contributed by atoms with Crippen molar-refractivity contribution in [1.29, 1.82) is 0 Å². The molecule has 1 saturated heterocycles. The lowest BCUT2D eigenvalue weighted by atomic mass is 9.92. The van der Waals surface area contributed by atoms with Crippen LogP contribution in [0.4, 0.5) is 11.4 Å². The highest BCUT2D eigenvalue weighted by Gasteiger charge is 2.27. The summed E-state index contributed by atoms with van der Waals surface area (Å²) < 4.78 is 10.4. The van der Waals surface area contributed by atoms with Crippen molar-refractivity contribution in [2.24, 2.45) is 0 Å². The van der Waals surface area contributed by atoms with Crippen LogP contribution in [0.2, 0.25) is 0 Å². The molecule has 0 atom stereocenters. The van der Waals surface area contributed by atoms with Gasteiger partial charge in [-0.05, 0) is 44.9 Å². The Morgan fingerprint density at radius 1 is 1.45 bits per heavy atom. The van der Waals surface area contributed by atoms with E-state index in [0.29, 0.717) is 17.9 Å². The maximum absolute atomic E-state index is 11.8. The van der Waals surface area contributed by atoms with Gasteiger partial charge in [0.25, 0.3) is 0 Å². The van der Waals surface area contributed by atoms with Crippen LogP contribution < -0.4 is 11.1 Å². The summed E-state index contributed by atoms with van der Waals surface area (Å²) in [4.78, 5) is 11.8. The number of esters is 1.